The molecule has 0 radical (unpaired) electrons. The highest BCUT2D eigenvalue weighted by molar-refractivity contribution is 7.22. The molecule has 0 fully saturated rings. The summed E-state index contributed by atoms with van der Waals surface area (Å²) in [6.07, 6.45) is 0. The maximum atomic E-state index is 12.5. The Hall–Kier alpha value is -2.70. The van der Waals surface area contributed by atoms with Crippen LogP contribution < -0.4 is 10.1 Å². The first-order valence-electron chi connectivity index (χ1n) is 7.70. The van der Waals surface area contributed by atoms with Crippen LogP contribution in [0.5, 0.6) is 5.75 Å². The molecular weight excluding hydrogens is 352 g/mol. The average Bonchev–Trinajstić information content (AvgIpc) is 3.29. The molecule has 0 atom stereocenters. The summed E-state index contributed by atoms with van der Waals surface area (Å²) in [5, 5.41) is 5.47. The first-order chi connectivity index (χ1) is 12.3. The molecule has 1 amide bonds. The lowest BCUT2D eigenvalue weighted by atomic mass is 10.2. The fraction of sp³-hybridized carbons (Fsp3) is 0.0526. The minimum absolute atomic E-state index is 0.194. The van der Waals surface area contributed by atoms with E-state index in [1.165, 1.54) is 11.3 Å². The lowest BCUT2D eigenvalue weighted by molar-refractivity contribution is 0.102. The number of hydrogen-bond acceptors (Lipinski definition) is 5. The third-order valence-corrected chi connectivity index (χ3v) is 5.37. The summed E-state index contributed by atoms with van der Waals surface area (Å²) in [5.41, 5.74) is 1.43. The summed E-state index contributed by atoms with van der Waals surface area (Å²) in [4.78, 5) is 18.0. The Bertz CT molecular complexity index is 976. The molecule has 2 aromatic carbocycles. The van der Waals surface area contributed by atoms with Gasteiger partial charge in [0.1, 0.15) is 12.4 Å². The fourth-order valence-corrected chi connectivity index (χ4v) is 3.85. The molecule has 2 aromatic heterocycles. The summed E-state index contributed by atoms with van der Waals surface area (Å²) in [6.45, 7) is 0.501. The third kappa shape index (κ3) is 3.70. The van der Waals surface area contributed by atoms with Gasteiger partial charge in [0.2, 0.25) is 0 Å². The van der Waals surface area contributed by atoms with Crippen LogP contribution in [-0.2, 0) is 6.61 Å². The van der Waals surface area contributed by atoms with Crippen LogP contribution in [0.25, 0.3) is 10.2 Å². The molecule has 4 nitrogen and oxygen atoms in total. The smallest absolute Gasteiger partial charge is 0.257 e. The summed E-state index contributed by atoms with van der Waals surface area (Å²) in [5.74, 6) is 0.478. The number of para-hydroxylation sites is 1. The van der Waals surface area contributed by atoms with Gasteiger partial charge in [-0.15, -0.1) is 11.3 Å². The number of aromatic nitrogens is 1. The van der Waals surface area contributed by atoms with Crippen LogP contribution in [0.15, 0.2) is 66.0 Å². The number of thiazole rings is 1. The second-order valence-corrected chi connectivity index (χ2v) is 7.40. The monoisotopic (exact) mass is 366 g/mol. The number of benzene rings is 2. The molecule has 124 valence electrons. The van der Waals surface area contributed by atoms with Gasteiger partial charge in [0, 0.05) is 10.4 Å². The summed E-state index contributed by atoms with van der Waals surface area (Å²) < 4.78 is 6.80. The number of hydrogen-bond donors (Lipinski definition) is 1. The molecule has 0 aliphatic carbocycles. The average molecular weight is 366 g/mol. The minimum Gasteiger partial charge on any atom is -0.488 e. The van der Waals surface area contributed by atoms with Crippen molar-refractivity contribution in [3.05, 3.63) is 76.5 Å². The number of anilines is 1. The number of thiophene rings is 1. The number of nitrogens with one attached hydrogen (secondary N) is 1. The van der Waals surface area contributed by atoms with Crippen LogP contribution in [0, 0.1) is 0 Å². The normalized spacial score (nSPS) is 10.7. The Kier molecular flexibility index (Phi) is 4.45. The molecule has 25 heavy (non-hydrogen) atoms. The van der Waals surface area contributed by atoms with Crippen molar-refractivity contribution in [1.82, 2.24) is 4.98 Å². The van der Waals surface area contributed by atoms with Gasteiger partial charge >= 0.3 is 0 Å². The van der Waals surface area contributed by atoms with E-state index in [1.807, 2.05) is 53.9 Å². The molecule has 6 heteroatoms. The first-order valence-corrected chi connectivity index (χ1v) is 9.40. The molecule has 0 bridgehead atoms. The van der Waals surface area contributed by atoms with E-state index in [0.29, 0.717) is 23.1 Å². The van der Waals surface area contributed by atoms with Crippen molar-refractivity contribution in [2.24, 2.45) is 0 Å². The van der Waals surface area contributed by atoms with Crippen LogP contribution in [-0.4, -0.2) is 10.9 Å². The van der Waals surface area contributed by atoms with Crippen LogP contribution in [0.2, 0.25) is 0 Å². The van der Waals surface area contributed by atoms with Crippen molar-refractivity contribution >= 4 is 43.9 Å². The molecule has 4 aromatic rings. The molecule has 0 unspecified atom stereocenters. The molecule has 4 rings (SSSR count). The molecule has 0 aliphatic rings. The quantitative estimate of drug-likeness (QED) is 0.529. The Morgan fingerprint density at radius 1 is 1.08 bits per heavy atom. The Balaban J connectivity index is 1.46. The molecular formula is C19H14N2O2S2. The van der Waals surface area contributed by atoms with Gasteiger partial charge in [-0.2, -0.15) is 0 Å². The van der Waals surface area contributed by atoms with Crippen molar-refractivity contribution < 1.29 is 9.53 Å². The number of ether oxygens (including phenoxy) is 1. The van der Waals surface area contributed by atoms with Crippen LogP contribution >= 0.6 is 22.7 Å². The predicted octanol–water partition coefficient (Wildman–Crippen LogP) is 5.19. The largest absolute Gasteiger partial charge is 0.488 e. The standard InChI is InChI=1S/C19H14N2O2S2/c22-18(21-19-20-16-8-1-2-9-17(16)25-19)13-5-3-6-14(11-13)23-12-15-7-4-10-24-15/h1-11H,12H2,(H,20,21,22). The summed E-state index contributed by atoms with van der Waals surface area (Å²) in [7, 11) is 0. The number of rotatable bonds is 5. The van der Waals surface area contributed by atoms with Gasteiger partial charge in [0.05, 0.1) is 10.2 Å². The van der Waals surface area contributed by atoms with Gasteiger partial charge < -0.3 is 4.74 Å². The number of nitrogens with zero attached hydrogens (tertiary/aromatic N) is 1. The third-order valence-electron chi connectivity index (χ3n) is 3.57. The first kappa shape index (κ1) is 15.8. The van der Waals surface area contributed by atoms with E-state index in [9.17, 15) is 4.79 Å². The molecule has 0 saturated carbocycles. The second-order valence-electron chi connectivity index (χ2n) is 5.34. The Morgan fingerprint density at radius 2 is 2.00 bits per heavy atom. The van der Waals surface area contributed by atoms with Gasteiger partial charge in [-0.25, -0.2) is 4.98 Å². The van der Waals surface area contributed by atoms with E-state index < -0.39 is 0 Å². The van der Waals surface area contributed by atoms with Crippen molar-refractivity contribution in [1.29, 1.82) is 0 Å². The van der Waals surface area contributed by atoms with Gasteiger partial charge in [-0.1, -0.05) is 35.6 Å². The minimum atomic E-state index is -0.194. The number of fused-ring (bicyclic) bond motifs is 1. The van der Waals surface area contributed by atoms with Crippen molar-refractivity contribution in [3.8, 4) is 5.75 Å². The van der Waals surface area contributed by atoms with Gasteiger partial charge in [-0.05, 0) is 41.8 Å². The lowest BCUT2D eigenvalue weighted by Gasteiger charge is -2.07. The van der Waals surface area contributed by atoms with Crippen LogP contribution in [0.1, 0.15) is 15.2 Å². The van der Waals surface area contributed by atoms with E-state index in [4.69, 9.17) is 4.74 Å². The van der Waals surface area contributed by atoms with Crippen LogP contribution in [0.3, 0.4) is 0 Å². The van der Waals surface area contributed by atoms with Crippen molar-refractivity contribution in [3.63, 3.8) is 0 Å². The molecule has 1 N–H and O–H groups in total. The number of amides is 1. The summed E-state index contributed by atoms with van der Waals surface area (Å²) >= 11 is 3.11. The van der Waals surface area contributed by atoms with Gasteiger partial charge in [0.15, 0.2) is 5.13 Å². The zero-order chi connectivity index (χ0) is 17.1. The van der Waals surface area contributed by atoms with E-state index >= 15 is 0 Å². The highest BCUT2D eigenvalue weighted by atomic mass is 32.1. The number of carbonyl (C=O) groups excluding carboxylic acids is 1. The topological polar surface area (TPSA) is 51.2 Å². The number of carbonyl (C=O) groups is 1. The molecule has 0 aliphatic heterocycles. The molecule has 2 heterocycles. The lowest BCUT2D eigenvalue weighted by Crippen LogP contribution is -2.11. The maximum absolute atomic E-state index is 12.5. The molecule has 0 saturated heterocycles. The zero-order valence-corrected chi connectivity index (χ0v) is 14.8. The van der Waals surface area contributed by atoms with Crippen LogP contribution in [0.4, 0.5) is 5.13 Å². The highest BCUT2D eigenvalue weighted by Gasteiger charge is 2.10. The van der Waals surface area contributed by atoms with Crippen molar-refractivity contribution in [2.75, 3.05) is 5.32 Å². The van der Waals surface area contributed by atoms with Gasteiger partial charge in [-0.3, -0.25) is 10.1 Å². The van der Waals surface area contributed by atoms with E-state index in [2.05, 4.69) is 10.3 Å². The maximum Gasteiger partial charge on any atom is 0.257 e. The van der Waals surface area contributed by atoms with Gasteiger partial charge in [0.25, 0.3) is 5.91 Å². The van der Waals surface area contributed by atoms with E-state index in [-0.39, 0.29) is 5.91 Å². The molecule has 0 spiro atoms. The van der Waals surface area contributed by atoms with E-state index in [0.717, 1.165) is 15.1 Å². The zero-order valence-electron chi connectivity index (χ0n) is 13.1. The highest BCUT2D eigenvalue weighted by Crippen LogP contribution is 2.26. The van der Waals surface area contributed by atoms with E-state index in [1.54, 1.807) is 23.5 Å². The Morgan fingerprint density at radius 3 is 2.84 bits per heavy atom. The SMILES string of the molecule is O=C(Nc1nc2ccccc2s1)c1cccc(OCc2cccs2)c1. The fourth-order valence-electron chi connectivity index (χ4n) is 2.37. The Labute approximate surface area is 152 Å². The predicted molar refractivity (Wildman–Crippen MR) is 103 cm³/mol. The summed E-state index contributed by atoms with van der Waals surface area (Å²) in [6, 6.07) is 19.0. The second kappa shape index (κ2) is 7.04. The van der Waals surface area contributed by atoms with Crippen molar-refractivity contribution in [2.45, 2.75) is 6.61 Å².